The molecule has 2 aliphatic rings. The SMILES string of the molecule is Cc1nn2c(O)c(C(=O)NC3CC3)c(=O)n(CC(C)C)c2c1C=CC(=O)N1CCC(C(C)(C)O)C1. The van der Waals surface area contributed by atoms with Crippen LogP contribution in [-0.4, -0.2) is 65.8 Å². The average Bonchev–Trinajstić information content (AvgIpc) is 3.29. The van der Waals surface area contributed by atoms with Gasteiger partial charge in [0.1, 0.15) is 5.65 Å². The monoisotopic (exact) mass is 485 g/mol. The number of hydrogen-bond acceptors (Lipinski definition) is 6. The lowest BCUT2D eigenvalue weighted by Gasteiger charge is -2.25. The normalized spacial score (nSPS) is 18.8. The molecule has 190 valence electrons. The van der Waals surface area contributed by atoms with Gasteiger partial charge in [0.2, 0.25) is 11.8 Å². The van der Waals surface area contributed by atoms with E-state index in [9.17, 15) is 24.6 Å². The molecular formula is C25H35N5O5. The highest BCUT2D eigenvalue weighted by Gasteiger charge is 2.35. The molecule has 2 fully saturated rings. The van der Waals surface area contributed by atoms with Gasteiger partial charge >= 0.3 is 0 Å². The standard InChI is InChI=1S/C25H35N5O5/c1-14(2)12-29-22-18(8-9-19(31)28-11-10-16(13-28)25(4,5)35)15(3)27-30(22)24(34)20(23(29)33)21(32)26-17-6-7-17/h8-9,14,16-17,34-35H,6-7,10-13H2,1-5H3,(H,26,32). The summed E-state index contributed by atoms with van der Waals surface area (Å²) < 4.78 is 2.67. The lowest BCUT2D eigenvalue weighted by Crippen LogP contribution is -2.36. The first-order valence-electron chi connectivity index (χ1n) is 12.2. The smallest absolute Gasteiger partial charge is 0.270 e. The molecule has 1 unspecified atom stereocenters. The lowest BCUT2D eigenvalue weighted by molar-refractivity contribution is -0.125. The largest absolute Gasteiger partial charge is 0.492 e. The molecule has 4 rings (SSSR count). The van der Waals surface area contributed by atoms with Crippen LogP contribution in [0.2, 0.25) is 0 Å². The molecule has 3 N–H and O–H groups in total. The van der Waals surface area contributed by atoms with Gasteiger partial charge < -0.3 is 20.4 Å². The Balaban J connectivity index is 1.73. The van der Waals surface area contributed by atoms with Crippen molar-refractivity contribution >= 4 is 23.5 Å². The van der Waals surface area contributed by atoms with E-state index in [1.807, 2.05) is 13.8 Å². The summed E-state index contributed by atoms with van der Waals surface area (Å²) in [6.45, 7) is 10.5. The van der Waals surface area contributed by atoms with E-state index in [0.29, 0.717) is 36.5 Å². The molecule has 1 atom stereocenters. The van der Waals surface area contributed by atoms with Gasteiger partial charge in [0, 0.05) is 43.2 Å². The Hall–Kier alpha value is -3.14. The molecule has 35 heavy (non-hydrogen) atoms. The van der Waals surface area contributed by atoms with Crippen LogP contribution in [0.15, 0.2) is 10.9 Å². The first-order chi connectivity index (χ1) is 16.4. The third kappa shape index (κ3) is 4.98. The number of hydrogen-bond donors (Lipinski definition) is 3. The Bertz CT molecular complexity index is 1250. The highest BCUT2D eigenvalue weighted by atomic mass is 16.3. The number of nitrogens with zero attached hydrogens (tertiary/aromatic N) is 4. The summed E-state index contributed by atoms with van der Waals surface area (Å²) in [5.41, 5.74) is -0.396. The second-order valence-electron chi connectivity index (χ2n) is 10.7. The summed E-state index contributed by atoms with van der Waals surface area (Å²) in [5, 5.41) is 28.3. The number of nitrogens with one attached hydrogen (secondary N) is 1. The van der Waals surface area contributed by atoms with Gasteiger partial charge in [-0.15, -0.1) is 0 Å². The number of aryl methyl sites for hydroxylation is 1. The minimum Gasteiger partial charge on any atom is -0.492 e. The summed E-state index contributed by atoms with van der Waals surface area (Å²) in [6, 6.07) is 0.0287. The van der Waals surface area contributed by atoms with Crippen LogP contribution in [0, 0.1) is 18.8 Å². The van der Waals surface area contributed by atoms with Crippen LogP contribution in [0.3, 0.4) is 0 Å². The lowest BCUT2D eigenvalue weighted by atomic mass is 9.90. The van der Waals surface area contributed by atoms with Crippen molar-refractivity contribution in [3.05, 3.63) is 33.3 Å². The Morgan fingerprint density at radius 1 is 1.26 bits per heavy atom. The molecule has 0 aromatic carbocycles. The van der Waals surface area contributed by atoms with Gasteiger partial charge in [0.15, 0.2) is 5.56 Å². The molecule has 1 aliphatic heterocycles. The van der Waals surface area contributed by atoms with Crippen molar-refractivity contribution in [1.82, 2.24) is 24.4 Å². The third-order valence-electron chi connectivity index (χ3n) is 6.80. The number of aromatic hydroxyl groups is 1. The van der Waals surface area contributed by atoms with E-state index in [4.69, 9.17) is 0 Å². The van der Waals surface area contributed by atoms with E-state index in [0.717, 1.165) is 19.3 Å². The van der Waals surface area contributed by atoms with Crippen LogP contribution in [0.25, 0.3) is 11.7 Å². The molecule has 0 spiro atoms. The fourth-order valence-corrected chi connectivity index (χ4v) is 4.58. The van der Waals surface area contributed by atoms with Crippen molar-refractivity contribution in [2.24, 2.45) is 11.8 Å². The van der Waals surface area contributed by atoms with Crippen LogP contribution in [-0.2, 0) is 11.3 Å². The minimum atomic E-state index is -0.855. The number of amides is 2. The van der Waals surface area contributed by atoms with Crippen molar-refractivity contribution in [1.29, 1.82) is 0 Å². The van der Waals surface area contributed by atoms with Gasteiger partial charge in [-0.25, -0.2) is 0 Å². The van der Waals surface area contributed by atoms with Gasteiger partial charge in [-0.1, -0.05) is 13.8 Å². The van der Waals surface area contributed by atoms with Crippen LogP contribution in [0.1, 0.15) is 68.6 Å². The topological polar surface area (TPSA) is 129 Å². The predicted octanol–water partition coefficient (Wildman–Crippen LogP) is 1.69. The van der Waals surface area contributed by atoms with E-state index in [2.05, 4.69) is 10.4 Å². The second kappa shape index (κ2) is 9.14. The molecule has 2 aromatic heterocycles. The van der Waals surface area contributed by atoms with E-state index >= 15 is 0 Å². The Morgan fingerprint density at radius 2 is 1.94 bits per heavy atom. The maximum atomic E-state index is 13.4. The number of carbonyl (C=O) groups is 2. The molecule has 0 bridgehead atoms. The molecular weight excluding hydrogens is 450 g/mol. The van der Waals surface area contributed by atoms with E-state index in [1.165, 1.54) is 15.2 Å². The first kappa shape index (κ1) is 25.0. The average molecular weight is 486 g/mol. The molecule has 1 saturated heterocycles. The molecule has 1 saturated carbocycles. The van der Waals surface area contributed by atoms with Crippen molar-refractivity contribution in [3.63, 3.8) is 0 Å². The van der Waals surface area contributed by atoms with Crippen LogP contribution >= 0.6 is 0 Å². The molecule has 10 heteroatoms. The zero-order valence-corrected chi connectivity index (χ0v) is 21.0. The van der Waals surface area contributed by atoms with Crippen LogP contribution in [0.4, 0.5) is 0 Å². The third-order valence-corrected chi connectivity index (χ3v) is 6.80. The van der Waals surface area contributed by atoms with Crippen LogP contribution < -0.4 is 10.9 Å². The highest BCUT2D eigenvalue weighted by molar-refractivity contribution is 5.97. The Labute approximate surface area is 204 Å². The van der Waals surface area contributed by atoms with Crippen molar-refractivity contribution in [2.45, 2.75) is 72.1 Å². The number of likely N-dealkylation sites (tertiary alicyclic amines) is 1. The van der Waals surface area contributed by atoms with Gasteiger partial charge in [-0.2, -0.15) is 9.61 Å². The molecule has 10 nitrogen and oxygen atoms in total. The summed E-state index contributed by atoms with van der Waals surface area (Å²) in [4.78, 5) is 40.7. The van der Waals surface area contributed by atoms with E-state index < -0.39 is 22.9 Å². The molecule has 1 aliphatic carbocycles. The number of rotatable bonds is 7. The first-order valence-corrected chi connectivity index (χ1v) is 12.2. The fourth-order valence-electron chi connectivity index (χ4n) is 4.58. The quantitative estimate of drug-likeness (QED) is 0.512. The molecule has 3 heterocycles. The van der Waals surface area contributed by atoms with E-state index in [1.54, 1.807) is 31.7 Å². The molecule has 2 aromatic rings. The zero-order valence-electron chi connectivity index (χ0n) is 21.0. The minimum absolute atomic E-state index is 0.00642. The predicted molar refractivity (Wildman–Crippen MR) is 131 cm³/mol. The van der Waals surface area contributed by atoms with Crippen molar-refractivity contribution < 1.29 is 19.8 Å². The number of aromatic nitrogens is 3. The summed E-state index contributed by atoms with van der Waals surface area (Å²) in [6.07, 6.45) is 5.48. The van der Waals surface area contributed by atoms with Crippen molar-refractivity contribution in [3.8, 4) is 5.88 Å². The fraction of sp³-hybridized carbons (Fsp3) is 0.600. The second-order valence-corrected chi connectivity index (χ2v) is 10.7. The maximum Gasteiger partial charge on any atom is 0.270 e. The summed E-state index contributed by atoms with van der Waals surface area (Å²) in [7, 11) is 0. The van der Waals surface area contributed by atoms with Crippen LogP contribution in [0.5, 0.6) is 5.88 Å². The zero-order chi connectivity index (χ0) is 25.7. The molecule has 0 radical (unpaired) electrons. The van der Waals surface area contributed by atoms with Gasteiger partial charge in [-0.05, 0) is 52.0 Å². The number of fused-ring (bicyclic) bond motifs is 1. The summed E-state index contributed by atoms with van der Waals surface area (Å²) in [5.74, 6) is -1.22. The highest BCUT2D eigenvalue weighted by Crippen LogP contribution is 2.28. The summed E-state index contributed by atoms with van der Waals surface area (Å²) >= 11 is 0. The maximum absolute atomic E-state index is 13.4. The molecule has 2 amide bonds. The van der Waals surface area contributed by atoms with Gasteiger partial charge in [-0.3, -0.25) is 19.0 Å². The van der Waals surface area contributed by atoms with Crippen molar-refractivity contribution in [2.75, 3.05) is 13.1 Å². The number of carbonyl (C=O) groups excluding carboxylic acids is 2. The van der Waals surface area contributed by atoms with E-state index in [-0.39, 0.29) is 29.3 Å². The Kier molecular flexibility index (Phi) is 6.52. The number of aliphatic hydroxyl groups is 1. The van der Waals surface area contributed by atoms with Gasteiger partial charge in [0.25, 0.3) is 11.5 Å². The van der Waals surface area contributed by atoms with Gasteiger partial charge in [0.05, 0.1) is 11.3 Å². The Morgan fingerprint density at radius 3 is 2.51 bits per heavy atom.